The summed E-state index contributed by atoms with van der Waals surface area (Å²) in [5.74, 6) is -0.953. The summed E-state index contributed by atoms with van der Waals surface area (Å²) in [6, 6.07) is 10.00. The van der Waals surface area contributed by atoms with Gasteiger partial charge in [-0.2, -0.15) is 0 Å². The van der Waals surface area contributed by atoms with Crippen molar-refractivity contribution >= 4 is 48.1 Å². The van der Waals surface area contributed by atoms with E-state index in [1.807, 2.05) is 71.9 Å². The van der Waals surface area contributed by atoms with Gasteiger partial charge in [-0.25, -0.2) is 0 Å². The number of piperidine rings is 1. The first-order chi connectivity index (χ1) is 22.5. The van der Waals surface area contributed by atoms with Crippen LogP contribution >= 0.6 is 0 Å². The Bertz CT molecular complexity index is 1210. The molecule has 49 heavy (non-hydrogen) atoms. The van der Waals surface area contributed by atoms with Gasteiger partial charge in [-0.3, -0.25) is 43.3 Å². The Labute approximate surface area is 315 Å². The van der Waals surface area contributed by atoms with E-state index in [0.717, 1.165) is 6.42 Å². The first kappa shape index (κ1) is 47.6. The second kappa shape index (κ2) is 25.5. The smallest absolute Gasteiger partial charge is 0.239 e. The monoisotopic (exact) mass is 762 g/mol. The van der Waals surface area contributed by atoms with Crippen LogP contribution in [0.2, 0.25) is 0 Å². The molecule has 1 aliphatic heterocycles. The molecule has 14 nitrogen and oxygen atoms in total. The first-order valence-electron chi connectivity index (χ1n) is 15.9. The van der Waals surface area contributed by atoms with Crippen molar-refractivity contribution in [1.82, 2.24) is 31.5 Å². The molecule has 1 aromatic carbocycles. The van der Waals surface area contributed by atoms with Crippen LogP contribution in [-0.2, 0) is 77.5 Å². The molecule has 1 radical (unpaired) electrons. The number of nitrogens with one attached hydrogen (secondary N) is 5. The molecule has 1 saturated heterocycles. The molecule has 1 aromatic rings. The van der Waals surface area contributed by atoms with Crippen LogP contribution in [0.15, 0.2) is 30.3 Å². The van der Waals surface area contributed by atoms with Gasteiger partial charge in [0.25, 0.3) is 0 Å². The molecular formula is C34H53N6O8Y-. The summed E-state index contributed by atoms with van der Waals surface area (Å²) in [6.45, 7) is 13.5. The number of likely N-dealkylation sites (tertiary alicyclic amines) is 1. The summed E-state index contributed by atoms with van der Waals surface area (Å²) in [5.41, 5.74) is 0.307. The zero-order valence-corrected chi connectivity index (χ0v) is 32.7. The molecule has 1 heterocycles. The molecule has 15 heteroatoms. The molecule has 7 amide bonds. The molecule has 0 aromatic heterocycles. The molecule has 271 valence electrons. The van der Waals surface area contributed by atoms with E-state index in [0.29, 0.717) is 45.0 Å². The molecule has 1 unspecified atom stereocenters. The SMILES string of the molecule is CC(=O)CNC(=O)CNC=O.CC(Cc1ccccc1)NC(=O)CNC=O.CCNC(=O)CC(C)(C)CC(C)(C)N1C(=O)C[CH-]CC1=O.[Y]. The van der Waals surface area contributed by atoms with Crippen molar-refractivity contribution in [3.63, 3.8) is 0 Å². The Morgan fingerprint density at radius 3 is 1.88 bits per heavy atom. The van der Waals surface area contributed by atoms with Gasteiger partial charge in [0, 0.05) is 57.3 Å². The Morgan fingerprint density at radius 2 is 1.39 bits per heavy atom. The van der Waals surface area contributed by atoms with Gasteiger partial charge in [-0.15, -0.1) is 0 Å². The molecule has 0 bridgehead atoms. The van der Waals surface area contributed by atoms with Crippen molar-refractivity contribution < 1.29 is 71.1 Å². The fraction of sp³-hybridized carbons (Fsp3) is 0.559. The standard InChI is InChI=1S/C16H27N2O3.C12H16N2O2.C6H10N2O3.Y/c1-6-17-12(19)10-15(2,3)11-16(4,5)18-13(20)8-7-9-14(18)21;1-10(14-12(16)8-13-9-15)7-11-5-3-2-4-6-11;1-5(10)2-8-6(11)3-7-4-9;/h7H,6,8-11H2,1-5H3,(H,17,19);2-6,9-10H,7-8H2,1H3,(H,13,15)(H,14,16);4H,2-3H2,1H3,(H,7,9)(H,8,11);/q-1;;;. The Balaban J connectivity index is 0. The van der Waals surface area contributed by atoms with E-state index >= 15 is 0 Å². The quantitative estimate of drug-likeness (QED) is 0.0879. The van der Waals surface area contributed by atoms with E-state index in [-0.39, 0.29) is 99.1 Å². The van der Waals surface area contributed by atoms with Gasteiger partial charge in [-0.1, -0.05) is 57.0 Å². The molecule has 1 atom stereocenters. The minimum atomic E-state index is -0.585. The van der Waals surface area contributed by atoms with Crippen LogP contribution in [0.4, 0.5) is 0 Å². The van der Waals surface area contributed by atoms with Crippen molar-refractivity contribution in [3.8, 4) is 0 Å². The molecular weight excluding hydrogens is 709 g/mol. The predicted octanol–water partition coefficient (Wildman–Crippen LogP) is 0.976. The largest absolute Gasteiger partial charge is 0.356 e. The molecule has 2 rings (SSSR count). The number of benzene rings is 1. The topological polar surface area (TPSA) is 200 Å². The van der Waals surface area contributed by atoms with E-state index in [9.17, 15) is 38.4 Å². The van der Waals surface area contributed by atoms with Crippen LogP contribution in [0, 0.1) is 11.8 Å². The van der Waals surface area contributed by atoms with Gasteiger partial charge >= 0.3 is 0 Å². The summed E-state index contributed by atoms with van der Waals surface area (Å²) in [6.07, 6.45) is 5.04. The molecule has 1 aliphatic rings. The second-order valence-electron chi connectivity index (χ2n) is 12.7. The Morgan fingerprint density at radius 1 is 0.857 bits per heavy atom. The molecule has 0 aliphatic carbocycles. The fourth-order valence-corrected chi connectivity index (χ4v) is 5.22. The maximum Gasteiger partial charge on any atom is 0.239 e. The van der Waals surface area contributed by atoms with E-state index in [4.69, 9.17) is 0 Å². The molecule has 1 fully saturated rings. The van der Waals surface area contributed by atoms with Crippen molar-refractivity contribution in [2.75, 3.05) is 26.2 Å². The van der Waals surface area contributed by atoms with E-state index in [1.165, 1.54) is 17.4 Å². The summed E-state index contributed by atoms with van der Waals surface area (Å²) in [4.78, 5) is 89.2. The number of hydrogen-bond donors (Lipinski definition) is 5. The second-order valence-corrected chi connectivity index (χ2v) is 12.7. The minimum absolute atomic E-state index is 0. The zero-order valence-electron chi connectivity index (χ0n) is 29.9. The van der Waals surface area contributed by atoms with Gasteiger partial charge in [-0.05, 0) is 58.4 Å². The molecule has 0 spiro atoms. The van der Waals surface area contributed by atoms with Gasteiger partial charge in [0.15, 0.2) is 11.8 Å². The van der Waals surface area contributed by atoms with Crippen molar-refractivity contribution in [1.29, 1.82) is 0 Å². The van der Waals surface area contributed by atoms with Gasteiger partial charge in [0.05, 0.1) is 19.6 Å². The van der Waals surface area contributed by atoms with Crippen LogP contribution in [0.3, 0.4) is 0 Å². The average Bonchev–Trinajstić information content (AvgIpc) is 2.98. The minimum Gasteiger partial charge on any atom is -0.356 e. The van der Waals surface area contributed by atoms with Crippen molar-refractivity contribution in [2.24, 2.45) is 5.41 Å². The Kier molecular flexibility index (Phi) is 24.7. The van der Waals surface area contributed by atoms with Crippen LogP contribution in [0.1, 0.15) is 79.7 Å². The number of ketones is 1. The van der Waals surface area contributed by atoms with Crippen LogP contribution in [0.5, 0.6) is 0 Å². The van der Waals surface area contributed by atoms with Crippen LogP contribution < -0.4 is 26.6 Å². The summed E-state index contributed by atoms with van der Waals surface area (Å²) >= 11 is 0. The third kappa shape index (κ3) is 22.7. The van der Waals surface area contributed by atoms with E-state index in [2.05, 4.69) is 26.6 Å². The number of Topliss-reactive ketones (excluding diaryl/α,β-unsaturated/α-hetero) is 1. The summed E-state index contributed by atoms with van der Waals surface area (Å²) in [5, 5.41) is 12.4. The summed E-state index contributed by atoms with van der Waals surface area (Å²) < 4.78 is 0. The maximum absolute atomic E-state index is 12.1. The van der Waals surface area contributed by atoms with Crippen molar-refractivity contribution in [2.45, 2.75) is 92.2 Å². The number of rotatable bonds is 17. The number of amides is 7. The third-order valence-corrected chi connectivity index (χ3v) is 6.68. The van der Waals surface area contributed by atoms with Crippen LogP contribution in [-0.4, -0.2) is 90.8 Å². The van der Waals surface area contributed by atoms with Gasteiger partial charge in [0.2, 0.25) is 30.5 Å². The number of carbonyl (C=O) groups excluding carboxylic acids is 8. The van der Waals surface area contributed by atoms with E-state index in [1.54, 1.807) is 6.42 Å². The van der Waals surface area contributed by atoms with Gasteiger partial charge in [0.1, 0.15) is 5.78 Å². The Hall–Kier alpha value is -3.52. The normalized spacial score (nSPS) is 13.0. The first-order valence-corrected chi connectivity index (χ1v) is 15.9. The fourth-order valence-electron chi connectivity index (χ4n) is 5.22. The summed E-state index contributed by atoms with van der Waals surface area (Å²) in [7, 11) is 0. The maximum atomic E-state index is 12.1. The van der Waals surface area contributed by atoms with E-state index < -0.39 is 5.54 Å². The van der Waals surface area contributed by atoms with Gasteiger partial charge < -0.3 is 33.0 Å². The third-order valence-electron chi connectivity index (χ3n) is 6.68. The molecule has 0 saturated carbocycles. The average molecular weight is 763 g/mol. The van der Waals surface area contributed by atoms with Crippen LogP contribution in [0.25, 0.3) is 0 Å². The number of carbonyl (C=O) groups is 8. The molecule has 5 N–H and O–H groups in total. The number of imide groups is 1. The van der Waals surface area contributed by atoms with Crippen molar-refractivity contribution in [3.05, 3.63) is 42.3 Å². The number of nitrogens with zero attached hydrogens (tertiary/aromatic N) is 1. The predicted molar refractivity (Wildman–Crippen MR) is 181 cm³/mol. The zero-order chi connectivity index (χ0) is 36.8. The number of hydrogen-bond acceptors (Lipinski definition) is 8.